The highest BCUT2D eigenvalue weighted by molar-refractivity contribution is 6.79. The van der Waals surface area contributed by atoms with Crippen molar-refractivity contribution in [1.29, 1.82) is 0 Å². The Balaban J connectivity index is 4.16. The Bertz CT molecular complexity index is 530. The first-order chi connectivity index (χ1) is 10.6. The van der Waals surface area contributed by atoms with Gasteiger partial charge in [-0.15, -0.1) is 0 Å². The summed E-state index contributed by atoms with van der Waals surface area (Å²) in [6.45, 7) is 36.9. The van der Waals surface area contributed by atoms with E-state index in [4.69, 9.17) is 0 Å². The predicted molar refractivity (Wildman–Crippen MR) is 119 cm³/mol. The van der Waals surface area contributed by atoms with Gasteiger partial charge in [-0.1, -0.05) is 114 Å². The Hall–Kier alpha value is -0.303. The van der Waals surface area contributed by atoms with Gasteiger partial charge < -0.3 is 0 Å². The van der Waals surface area contributed by atoms with E-state index in [0.717, 1.165) is 0 Å². The maximum Gasteiger partial charge on any atom is 0.0566 e. The molecule has 0 saturated heterocycles. The molecule has 0 aromatic heterocycles. The first kappa shape index (κ1) is 22.7. The van der Waals surface area contributed by atoms with Crippen LogP contribution in [0.5, 0.6) is 0 Å². The SMILES string of the molecule is CC(C)(C)C1=C(C(C)(C)C)C([Si](C)(C)C)C(C(C)(C)C)=C1C(C)(C)C. The van der Waals surface area contributed by atoms with E-state index in [1.807, 2.05) is 0 Å². The number of rotatable bonds is 1. The Morgan fingerprint density at radius 2 is 0.720 bits per heavy atom. The largest absolute Gasteiger partial charge is 0.0688 e. The maximum atomic E-state index is 2.57. The summed E-state index contributed by atoms with van der Waals surface area (Å²) in [5.74, 6) is 0. The van der Waals surface area contributed by atoms with Crippen LogP contribution in [0.4, 0.5) is 0 Å². The zero-order valence-electron chi connectivity index (χ0n) is 20.1. The summed E-state index contributed by atoms with van der Waals surface area (Å²) in [5, 5.41) is 0. The molecule has 0 spiro atoms. The lowest BCUT2D eigenvalue weighted by Gasteiger charge is -2.41. The van der Waals surface area contributed by atoms with E-state index in [1.54, 1.807) is 22.3 Å². The van der Waals surface area contributed by atoms with Crippen molar-refractivity contribution >= 4 is 8.07 Å². The summed E-state index contributed by atoms with van der Waals surface area (Å²) >= 11 is 0. The molecule has 0 N–H and O–H groups in total. The normalized spacial score (nSPS) is 19.3. The first-order valence-corrected chi connectivity index (χ1v) is 13.7. The number of hydrogen-bond donors (Lipinski definition) is 0. The predicted octanol–water partition coefficient (Wildman–Crippen LogP) is 8.49. The van der Waals surface area contributed by atoms with Gasteiger partial charge in [0, 0.05) is 0 Å². The van der Waals surface area contributed by atoms with E-state index in [0.29, 0.717) is 5.54 Å². The summed E-state index contributed by atoms with van der Waals surface area (Å²) in [7, 11) is -1.43. The lowest BCUT2D eigenvalue weighted by atomic mass is 9.68. The van der Waals surface area contributed by atoms with Gasteiger partial charge in [-0.05, 0) is 38.3 Å². The van der Waals surface area contributed by atoms with Crippen LogP contribution in [-0.4, -0.2) is 8.07 Å². The van der Waals surface area contributed by atoms with Crippen molar-refractivity contribution < 1.29 is 0 Å². The first-order valence-electron chi connectivity index (χ1n) is 10.1. The van der Waals surface area contributed by atoms with Gasteiger partial charge in [0.25, 0.3) is 0 Å². The second-order valence-electron chi connectivity index (χ2n) is 13.4. The third kappa shape index (κ3) is 4.52. The second-order valence-corrected chi connectivity index (χ2v) is 18.7. The summed E-state index contributed by atoms with van der Waals surface area (Å²) in [5.41, 5.74) is 8.24. The highest BCUT2D eigenvalue weighted by Gasteiger charge is 2.51. The monoisotopic (exact) mass is 362 g/mol. The smallest absolute Gasteiger partial charge is 0.0566 e. The summed E-state index contributed by atoms with van der Waals surface area (Å²) in [4.78, 5) is 0. The highest BCUT2D eigenvalue weighted by atomic mass is 28.3. The Morgan fingerprint density at radius 1 is 0.480 bits per heavy atom. The van der Waals surface area contributed by atoms with Crippen LogP contribution in [-0.2, 0) is 0 Å². The highest BCUT2D eigenvalue weighted by Crippen LogP contribution is 2.63. The fraction of sp³-hybridized carbons (Fsp3) is 0.833. The van der Waals surface area contributed by atoms with Gasteiger partial charge in [0.1, 0.15) is 0 Å². The van der Waals surface area contributed by atoms with E-state index in [9.17, 15) is 0 Å². The van der Waals surface area contributed by atoms with E-state index in [2.05, 4.69) is 103 Å². The zero-order chi connectivity index (χ0) is 20.4. The van der Waals surface area contributed by atoms with Crippen LogP contribution < -0.4 is 0 Å². The maximum absolute atomic E-state index is 2.57. The molecular formula is C24H46Si. The molecule has 0 radical (unpaired) electrons. The van der Waals surface area contributed by atoms with Crippen molar-refractivity contribution in [3.05, 3.63) is 22.3 Å². The minimum Gasteiger partial charge on any atom is -0.0688 e. The van der Waals surface area contributed by atoms with Gasteiger partial charge in [-0.3, -0.25) is 0 Å². The molecule has 1 rings (SSSR count). The van der Waals surface area contributed by atoms with Crippen molar-refractivity contribution in [3.63, 3.8) is 0 Å². The Morgan fingerprint density at radius 3 is 0.840 bits per heavy atom. The zero-order valence-corrected chi connectivity index (χ0v) is 21.1. The van der Waals surface area contributed by atoms with Gasteiger partial charge in [0.05, 0.1) is 8.07 Å². The van der Waals surface area contributed by atoms with E-state index >= 15 is 0 Å². The Labute approximate surface area is 160 Å². The molecule has 0 saturated carbocycles. The standard InChI is InChI=1S/C24H46Si/c1-21(2,3)16-17(22(4,5)6)19(24(10,11)12)20(25(13,14)15)18(16)23(7,8)9/h20H,1-15H3. The van der Waals surface area contributed by atoms with Gasteiger partial charge >= 0.3 is 0 Å². The average Bonchev–Trinajstić information content (AvgIpc) is 2.61. The van der Waals surface area contributed by atoms with E-state index < -0.39 is 8.07 Å². The average molecular weight is 363 g/mol. The molecule has 1 aliphatic rings. The topological polar surface area (TPSA) is 0 Å². The lowest BCUT2D eigenvalue weighted by Crippen LogP contribution is -2.36. The van der Waals surface area contributed by atoms with Crippen molar-refractivity contribution in [2.24, 2.45) is 21.7 Å². The summed E-state index contributed by atoms with van der Waals surface area (Å²) in [6, 6.07) is 0. The molecule has 0 amide bonds. The van der Waals surface area contributed by atoms with Crippen molar-refractivity contribution in [1.82, 2.24) is 0 Å². The second kappa shape index (κ2) is 6.11. The van der Waals surface area contributed by atoms with Crippen molar-refractivity contribution in [3.8, 4) is 0 Å². The van der Waals surface area contributed by atoms with E-state index in [-0.39, 0.29) is 21.7 Å². The van der Waals surface area contributed by atoms with Crippen LogP contribution in [0.25, 0.3) is 0 Å². The molecular weight excluding hydrogens is 316 g/mol. The molecule has 146 valence electrons. The molecule has 0 heterocycles. The minimum absolute atomic E-state index is 0.177. The third-order valence-corrected chi connectivity index (χ3v) is 7.66. The fourth-order valence-electron chi connectivity index (χ4n) is 4.74. The molecule has 0 fully saturated rings. The van der Waals surface area contributed by atoms with Gasteiger partial charge in [-0.2, -0.15) is 0 Å². The molecule has 0 aliphatic heterocycles. The van der Waals surface area contributed by atoms with Crippen LogP contribution in [0.1, 0.15) is 83.1 Å². The molecule has 0 atom stereocenters. The van der Waals surface area contributed by atoms with Crippen LogP contribution in [0.3, 0.4) is 0 Å². The van der Waals surface area contributed by atoms with Crippen LogP contribution in [0.15, 0.2) is 22.3 Å². The molecule has 1 aliphatic carbocycles. The van der Waals surface area contributed by atoms with Crippen molar-refractivity contribution in [2.75, 3.05) is 0 Å². The van der Waals surface area contributed by atoms with Gasteiger partial charge in [0.2, 0.25) is 0 Å². The van der Waals surface area contributed by atoms with Crippen molar-refractivity contribution in [2.45, 2.75) is 108 Å². The number of hydrogen-bond acceptors (Lipinski definition) is 0. The molecule has 0 nitrogen and oxygen atoms in total. The lowest BCUT2D eigenvalue weighted by molar-refractivity contribution is 0.418. The fourth-order valence-corrected chi connectivity index (χ4v) is 7.63. The van der Waals surface area contributed by atoms with Crippen LogP contribution in [0, 0.1) is 21.7 Å². The minimum atomic E-state index is -1.43. The third-order valence-electron chi connectivity index (χ3n) is 5.35. The summed E-state index contributed by atoms with van der Waals surface area (Å²) < 4.78 is 0. The quantitative estimate of drug-likeness (QED) is 0.410. The van der Waals surface area contributed by atoms with Gasteiger partial charge in [0.15, 0.2) is 0 Å². The van der Waals surface area contributed by atoms with E-state index in [1.165, 1.54) is 0 Å². The van der Waals surface area contributed by atoms with Crippen LogP contribution in [0.2, 0.25) is 25.2 Å². The molecule has 25 heavy (non-hydrogen) atoms. The Kier molecular flexibility index (Phi) is 5.56. The molecule has 0 aromatic rings. The molecule has 1 heteroatoms. The molecule has 0 aromatic carbocycles. The van der Waals surface area contributed by atoms with Gasteiger partial charge in [-0.25, -0.2) is 0 Å². The molecule has 0 unspecified atom stereocenters. The van der Waals surface area contributed by atoms with Crippen LogP contribution >= 0.6 is 0 Å². The number of allylic oxidation sites excluding steroid dienone is 4. The molecule has 0 bridgehead atoms. The summed E-state index contributed by atoms with van der Waals surface area (Å²) in [6.07, 6.45) is 0.